The maximum atomic E-state index is 12.4. The maximum Gasteiger partial charge on any atom is 0.257 e. The first-order valence-electron chi connectivity index (χ1n) is 8.81. The third-order valence-electron chi connectivity index (χ3n) is 3.82. The highest BCUT2D eigenvalue weighted by Crippen LogP contribution is 2.35. The summed E-state index contributed by atoms with van der Waals surface area (Å²) in [5, 5.41) is 14.1. The van der Waals surface area contributed by atoms with Crippen molar-refractivity contribution in [2.24, 2.45) is 0 Å². The lowest BCUT2D eigenvalue weighted by molar-refractivity contribution is 0.102. The zero-order valence-electron chi connectivity index (χ0n) is 15.6. The number of aromatic nitrogens is 1. The van der Waals surface area contributed by atoms with Gasteiger partial charge in [0, 0.05) is 16.5 Å². The number of ether oxygens (including phenoxy) is 2. The molecule has 1 heterocycles. The van der Waals surface area contributed by atoms with E-state index in [1.807, 2.05) is 43.5 Å². The van der Waals surface area contributed by atoms with Gasteiger partial charge in [-0.15, -0.1) is 11.3 Å². The monoisotopic (exact) mass is 393 g/mol. The number of carbonyl (C=O) groups excluding carboxylic acids is 1. The third kappa shape index (κ3) is 4.48. The van der Waals surface area contributed by atoms with Crippen LogP contribution in [0.25, 0.3) is 11.3 Å². The quantitative estimate of drug-likeness (QED) is 0.627. The summed E-state index contributed by atoms with van der Waals surface area (Å²) in [7, 11) is 0. The summed E-state index contributed by atoms with van der Waals surface area (Å²) in [5.74, 6) is 1.12. The third-order valence-corrected chi connectivity index (χ3v) is 4.57. The second-order valence-corrected chi connectivity index (χ2v) is 6.57. The number of hydrogen-bond acceptors (Lipinski definition) is 6. The van der Waals surface area contributed by atoms with E-state index >= 15 is 0 Å². The number of anilines is 1. The highest BCUT2D eigenvalue weighted by Gasteiger charge is 2.14. The minimum Gasteiger partial charge on any atom is -0.494 e. The lowest BCUT2D eigenvalue weighted by atomic mass is 10.1. The second-order valence-electron chi connectivity index (χ2n) is 5.71. The molecule has 3 aromatic rings. The minimum absolute atomic E-state index is 0.314. The van der Waals surface area contributed by atoms with E-state index in [1.165, 1.54) is 11.3 Å². The largest absolute Gasteiger partial charge is 0.494 e. The van der Waals surface area contributed by atoms with E-state index in [2.05, 4.69) is 10.3 Å². The van der Waals surface area contributed by atoms with Crippen LogP contribution >= 0.6 is 11.3 Å². The summed E-state index contributed by atoms with van der Waals surface area (Å²) >= 11 is 1.32. The Balaban J connectivity index is 1.84. The lowest BCUT2D eigenvalue weighted by Gasteiger charge is -2.11. The van der Waals surface area contributed by atoms with Crippen LogP contribution in [0.3, 0.4) is 0 Å². The van der Waals surface area contributed by atoms with Gasteiger partial charge >= 0.3 is 0 Å². The number of nitrogens with one attached hydrogen (secondary N) is 1. The van der Waals surface area contributed by atoms with Crippen LogP contribution in [0.15, 0.2) is 47.8 Å². The Morgan fingerprint density at radius 3 is 2.75 bits per heavy atom. The molecule has 0 radical (unpaired) electrons. The van der Waals surface area contributed by atoms with E-state index in [9.17, 15) is 4.79 Å². The average molecular weight is 393 g/mol. The summed E-state index contributed by atoms with van der Waals surface area (Å²) in [6.07, 6.45) is 0. The van der Waals surface area contributed by atoms with E-state index in [0.29, 0.717) is 40.9 Å². The minimum atomic E-state index is -0.314. The van der Waals surface area contributed by atoms with Gasteiger partial charge in [0.15, 0.2) is 5.13 Å². The van der Waals surface area contributed by atoms with Crippen LogP contribution in [-0.2, 0) is 0 Å². The molecule has 0 atom stereocenters. The smallest absolute Gasteiger partial charge is 0.257 e. The molecule has 3 rings (SSSR count). The van der Waals surface area contributed by atoms with Crippen molar-refractivity contribution in [2.45, 2.75) is 13.8 Å². The highest BCUT2D eigenvalue weighted by molar-refractivity contribution is 7.14. The van der Waals surface area contributed by atoms with Crippen LogP contribution in [0.4, 0.5) is 5.13 Å². The van der Waals surface area contributed by atoms with E-state index < -0.39 is 0 Å². The molecule has 2 aromatic carbocycles. The van der Waals surface area contributed by atoms with Gasteiger partial charge in [0.25, 0.3) is 5.91 Å². The fourth-order valence-electron chi connectivity index (χ4n) is 2.60. The topological polar surface area (TPSA) is 84.2 Å². The van der Waals surface area contributed by atoms with Crippen molar-refractivity contribution in [1.82, 2.24) is 4.98 Å². The predicted molar refractivity (Wildman–Crippen MR) is 109 cm³/mol. The molecule has 0 spiro atoms. The van der Waals surface area contributed by atoms with Crippen molar-refractivity contribution < 1.29 is 14.3 Å². The maximum absolute atomic E-state index is 12.4. The summed E-state index contributed by atoms with van der Waals surface area (Å²) < 4.78 is 11.3. The Morgan fingerprint density at radius 1 is 1.18 bits per heavy atom. The molecule has 0 aliphatic heterocycles. The van der Waals surface area contributed by atoms with Crippen molar-refractivity contribution in [2.75, 3.05) is 18.5 Å². The molecule has 1 aromatic heterocycles. The molecule has 0 aliphatic carbocycles. The molecular formula is C21H19N3O3S. The Bertz CT molecular complexity index is 1020. The van der Waals surface area contributed by atoms with E-state index in [-0.39, 0.29) is 5.91 Å². The molecule has 0 saturated heterocycles. The molecule has 142 valence electrons. The van der Waals surface area contributed by atoms with Gasteiger partial charge in [0.2, 0.25) is 0 Å². The van der Waals surface area contributed by atoms with Gasteiger partial charge < -0.3 is 9.47 Å². The van der Waals surface area contributed by atoms with Crippen molar-refractivity contribution in [3.05, 3.63) is 59.0 Å². The normalized spacial score (nSPS) is 10.2. The van der Waals surface area contributed by atoms with Crippen molar-refractivity contribution in [1.29, 1.82) is 5.26 Å². The Labute approximate surface area is 167 Å². The molecule has 0 unspecified atom stereocenters. The Kier molecular flexibility index (Phi) is 6.25. The first-order valence-corrected chi connectivity index (χ1v) is 9.69. The van der Waals surface area contributed by atoms with Gasteiger partial charge in [-0.05, 0) is 50.2 Å². The molecule has 6 nitrogen and oxygen atoms in total. The highest BCUT2D eigenvalue weighted by atomic mass is 32.1. The Morgan fingerprint density at radius 2 is 2.00 bits per heavy atom. The lowest BCUT2D eigenvalue weighted by Crippen LogP contribution is -2.11. The first kappa shape index (κ1) is 19.4. The fraction of sp³-hybridized carbons (Fsp3) is 0.190. The van der Waals surface area contributed by atoms with Crippen molar-refractivity contribution >= 4 is 22.4 Å². The fourth-order valence-corrected chi connectivity index (χ4v) is 3.31. The van der Waals surface area contributed by atoms with Crippen LogP contribution < -0.4 is 14.8 Å². The average Bonchev–Trinajstić information content (AvgIpc) is 3.18. The van der Waals surface area contributed by atoms with E-state index in [0.717, 1.165) is 11.3 Å². The predicted octanol–water partition coefficient (Wildman–Crippen LogP) is 4.73. The molecule has 28 heavy (non-hydrogen) atoms. The number of amides is 1. The van der Waals surface area contributed by atoms with E-state index in [4.69, 9.17) is 14.7 Å². The molecule has 1 amide bonds. The molecule has 0 fully saturated rings. The number of thiazole rings is 1. The molecule has 0 saturated carbocycles. The van der Waals surface area contributed by atoms with Gasteiger partial charge in [-0.2, -0.15) is 5.26 Å². The van der Waals surface area contributed by atoms with Crippen LogP contribution in [-0.4, -0.2) is 24.1 Å². The second kappa shape index (κ2) is 9.02. The molecule has 0 aliphatic rings. The van der Waals surface area contributed by atoms with E-state index in [1.54, 1.807) is 24.3 Å². The zero-order valence-corrected chi connectivity index (χ0v) is 16.4. The van der Waals surface area contributed by atoms with Crippen LogP contribution in [0, 0.1) is 11.3 Å². The standard InChI is InChI=1S/C21H19N3O3S/c1-3-26-16-8-9-19(27-4-2)17(11-16)18-13-28-21(23-18)24-20(25)15-7-5-6-14(10-15)12-22/h5-11,13H,3-4H2,1-2H3,(H,23,24,25). The van der Waals surface area contributed by atoms with Gasteiger partial charge in [-0.1, -0.05) is 6.07 Å². The SMILES string of the molecule is CCOc1ccc(OCC)c(-c2csc(NC(=O)c3cccc(C#N)c3)n2)c1. The molecule has 1 N–H and O–H groups in total. The number of carbonyl (C=O) groups is 1. The molecular weight excluding hydrogens is 374 g/mol. The number of nitrogens with zero attached hydrogens (tertiary/aromatic N) is 2. The zero-order chi connectivity index (χ0) is 19.9. The summed E-state index contributed by atoms with van der Waals surface area (Å²) in [5.41, 5.74) is 2.33. The number of hydrogen-bond donors (Lipinski definition) is 1. The van der Waals surface area contributed by atoms with Crippen molar-refractivity contribution in [3.8, 4) is 28.8 Å². The summed E-state index contributed by atoms with van der Waals surface area (Å²) in [6.45, 7) is 4.94. The number of benzene rings is 2. The van der Waals surface area contributed by atoms with Crippen LogP contribution in [0.5, 0.6) is 11.5 Å². The summed E-state index contributed by atoms with van der Waals surface area (Å²) in [6, 6.07) is 14.1. The van der Waals surface area contributed by atoms with Gasteiger partial charge in [0.05, 0.1) is 30.5 Å². The van der Waals surface area contributed by atoms with Crippen LogP contribution in [0.1, 0.15) is 29.8 Å². The van der Waals surface area contributed by atoms with Gasteiger partial charge in [-0.25, -0.2) is 4.98 Å². The Hall–Kier alpha value is -3.37. The van der Waals surface area contributed by atoms with Gasteiger partial charge in [0.1, 0.15) is 11.5 Å². The molecule has 7 heteroatoms. The van der Waals surface area contributed by atoms with Crippen molar-refractivity contribution in [3.63, 3.8) is 0 Å². The van der Waals surface area contributed by atoms with Gasteiger partial charge in [-0.3, -0.25) is 10.1 Å². The number of nitriles is 1. The van der Waals surface area contributed by atoms with Crippen LogP contribution in [0.2, 0.25) is 0 Å². The molecule has 0 bridgehead atoms. The first-order chi connectivity index (χ1) is 13.6. The summed E-state index contributed by atoms with van der Waals surface area (Å²) in [4.78, 5) is 17.0. The number of rotatable bonds is 7.